The SMILES string of the molecule is Cn1c(C(=O)Nc2ccccc2CN(C(=O)OC(C)(C)C)c2ccc(OC3CCN(C(=O)O)CC3)cc2)cc2sccc21. The maximum atomic E-state index is 13.5. The van der Waals surface area contributed by atoms with Gasteiger partial charge in [-0.15, -0.1) is 11.3 Å². The number of rotatable bonds is 7. The summed E-state index contributed by atoms with van der Waals surface area (Å²) in [6.07, 6.45) is -0.292. The normalized spacial score (nSPS) is 14.0. The van der Waals surface area contributed by atoms with Crippen LogP contribution in [0.2, 0.25) is 0 Å². The molecule has 5 rings (SSSR count). The molecule has 3 heterocycles. The third-order valence-electron chi connectivity index (χ3n) is 7.27. The molecule has 1 fully saturated rings. The lowest BCUT2D eigenvalue weighted by atomic mass is 10.1. The first-order valence-electron chi connectivity index (χ1n) is 14.2. The van der Waals surface area contributed by atoms with Gasteiger partial charge in [0.25, 0.3) is 5.91 Å². The lowest BCUT2D eigenvalue weighted by Gasteiger charge is -2.30. The van der Waals surface area contributed by atoms with Crippen LogP contribution in [0.1, 0.15) is 49.7 Å². The van der Waals surface area contributed by atoms with Crippen LogP contribution in [0.3, 0.4) is 0 Å². The largest absolute Gasteiger partial charge is 0.490 e. The summed E-state index contributed by atoms with van der Waals surface area (Å²) in [4.78, 5) is 40.9. The number of nitrogens with zero attached hydrogens (tertiary/aromatic N) is 3. The number of aromatic nitrogens is 1. The summed E-state index contributed by atoms with van der Waals surface area (Å²) >= 11 is 1.58. The lowest BCUT2D eigenvalue weighted by Crippen LogP contribution is -2.41. The van der Waals surface area contributed by atoms with Gasteiger partial charge in [-0.2, -0.15) is 0 Å². The molecule has 43 heavy (non-hydrogen) atoms. The number of likely N-dealkylation sites (tertiary alicyclic amines) is 1. The van der Waals surface area contributed by atoms with E-state index in [2.05, 4.69) is 5.32 Å². The van der Waals surface area contributed by atoms with Gasteiger partial charge < -0.3 is 29.4 Å². The molecule has 1 aliphatic heterocycles. The summed E-state index contributed by atoms with van der Waals surface area (Å²) in [7, 11) is 1.87. The molecule has 2 aromatic heterocycles. The number of thiophene rings is 1. The Hall–Kier alpha value is -4.51. The Morgan fingerprint density at radius 2 is 1.74 bits per heavy atom. The van der Waals surface area contributed by atoms with Crippen LogP contribution in [0.4, 0.5) is 21.0 Å². The van der Waals surface area contributed by atoms with Crippen molar-refractivity contribution in [2.45, 2.75) is 51.9 Å². The summed E-state index contributed by atoms with van der Waals surface area (Å²) in [5.74, 6) is 0.398. The minimum atomic E-state index is -0.911. The second-order valence-corrected chi connectivity index (χ2v) is 12.5. The highest BCUT2D eigenvalue weighted by Crippen LogP contribution is 2.29. The average Bonchev–Trinajstić information content (AvgIpc) is 3.55. The molecule has 226 valence electrons. The molecule has 0 spiro atoms. The number of para-hydroxylation sites is 1. The van der Waals surface area contributed by atoms with Gasteiger partial charge in [-0.05, 0) is 74.2 Å². The number of carbonyl (C=O) groups is 3. The first kappa shape index (κ1) is 30.0. The molecule has 2 N–H and O–H groups in total. The van der Waals surface area contributed by atoms with Crippen LogP contribution in [0.5, 0.6) is 5.75 Å². The minimum Gasteiger partial charge on any atom is -0.490 e. The number of anilines is 2. The van der Waals surface area contributed by atoms with Gasteiger partial charge in [0.1, 0.15) is 23.1 Å². The number of aryl methyl sites for hydroxylation is 1. The summed E-state index contributed by atoms with van der Waals surface area (Å²) in [6.45, 7) is 6.46. The van der Waals surface area contributed by atoms with E-state index in [0.29, 0.717) is 48.7 Å². The molecular weight excluding hydrogens is 568 g/mol. The standard InChI is InChI=1S/C32H36N4O6S/c1-32(2,3)42-31(40)36(22-9-11-23(12-10-22)41-24-13-16-35(17-14-24)30(38)39)20-21-7-5-6-8-25(21)33-29(37)27-19-28-26(34(27)4)15-18-43-28/h5-12,15,18-19,24H,13-14,16-17,20H2,1-4H3,(H,33,37)(H,38,39). The van der Waals surface area contributed by atoms with Crippen LogP contribution in [-0.2, 0) is 18.3 Å². The van der Waals surface area contributed by atoms with Crippen molar-refractivity contribution in [1.82, 2.24) is 9.47 Å². The van der Waals surface area contributed by atoms with E-state index in [1.807, 2.05) is 74.2 Å². The van der Waals surface area contributed by atoms with Gasteiger partial charge in [0.2, 0.25) is 0 Å². The van der Waals surface area contributed by atoms with E-state index in [-0.39, 0.29) is 18.6 Å². The molecule has 0 unspecified atom stereocenters. The number of carbonyl (C=O) groups excluding carboxylic acids is 2. The summed E-state index contributed by atoms with van der Waals surface area (Å²) < 4.78 is 14.8. The number of fused-ring (bicyclic) bond motifs is 1. The Morgan fingerprint density at radius 1 is 1.05 bits per heavy atom. The van der Waals surface area contributed by atoms with Crippen molar-refractivity contribution in [3.8, 4) is 5.75 Å². The fourth-order valence-electron chi connectivity index (χ4n) is 5.05. The molecule has 4 aromatic rings. The fraction of sp³-hybridized carbons (Fsp3) is 0.344. The highest BCUT2D eigenvalue weighted by atomic mass is 32.1. The number of benzene rings is 2. The van der Waals surface area contributed by atoms with E-state index in [1.54, 1.807) is 35.6 Å². The van der Waals surface area contributed by atoms with Crippen molar-refractivity contribution in [1.29, 1.82) is 0 Å². The van der Waals surface area contributed by atoms with Gasteiger partial charge in [0, 0.05) is 44.4 Å². The topological polar surface area (TPSA) is 113 Å². The fourth-order valence-corrected chi connectivity index (χ4v) is 5.89. The van der Waals surface area contributed by atoms with Gasteiger partial charge >= 0.3 is 12.2 Å². The Bertz CT molecular complexity index is 1610. The number of hydrogen-bond acceptors (Lipinski definition) is 6. The summed E-state index contributed by atoms with van der Waals surface area (Å²) in [5.41, 5.74) is 2.77. The molecule has 0 radical (unpaired) electrons. The molecule has 0 bridgehead atoms. The molecule has 3 amide bonds. The zero-order chi connectivity index (χ0) is 30.7. The number of carboxylic acid groups (broad SMARTS) is 1. The van der Waals surface area contributed by atoms with Crippen molar-refractivity contribution in [2.24, 2.45) is 7.05 Å². The van der Waals surface area contributed by atoms with Crippen molar-refractivity contribution >= 4 is 51.0 Å². The van der Waals surface area contributed by atoms with Crippen molar-refractivity contribution in [3.05, 3.63) is 77.3 Å². The van der Waals surface area contributed by atoms with E-state index >= 15 is 0 Å². The Balaban J connectivity index is 1.34. The Morgan fingerprint density at radius 3 is 2.40 bits per heavy atom. The molecule has 11 heteroatoms. The number of nitrogens with one attached hydrogen (secondary N) is 1. The molecule has 10 nitrogen and oxygen atoms in total. The number of hydrogen-bond donors (Lipinski definition) is 2. The van der Waals surface area contributed by atoms with Crippen molar-refractivity contribution in [2.75, 3.05) is 23.3 Å². The third-order valence-corrected chi connectivity index (χ3v) is 8.12. The monoisotopic (exact) mass is 604 g/mol. The summed E-state index contributed by atoms with van der Waals surface area (Å²) in [6, 6.07) is 18.4. The quantitative estimate of drug-likeness (QED) is 0.236. The van der Waals surface area contributed by atoms with Gasteiger partial charge in [-0.3, -0.25) is 9.69 Å². The maximum Gasteiger partial charge on any atom is 0.415 e. The zero-order valence-corrected chi connectivity index (χ0v) is 25.5. The number of piperidine rings is 1. The zero-order valence-electron chi connectivity index (χ0n) is 24.7. The predicted octanol–water partition coefficient (Wildman–Crippen LogP) is 6.96. The average molecular weight is 605 g/mol. The predicted molar refractivity (Wildman–Crippen MR) is 167 cm³/mol. The van der Waals surface area contributed by atoms with Crippen LogP contribution in [-0.4, -0.2) is 57.5 Å². The molecular formula is C32H36N4O6S. The highest BCUT2D eigenvalue weighted by molar-refractivity contribution is 7.17. The molecule has 0 saturated carbocycles. The molecule has 2 aromatic carbocycles. The smallest absolute Gasteiger partial charge is 0.415 e. The lowest BCUT2D eigenvalue weighted by molar-refractivity contribution is 0.0577. The number of ether oxygens (including phenoxy) is 2. The van der Waals surface area contributed by atoms with Gasteiger partial charge in [0.15, 0.2) is 0 Å². The van der Waals surface area contributed by atoms with Crippen LogP contribution in [0.25, 0.3) is 10.2 Å². The first-order chi connectivity index (χ1) is 20.5. The molecule has 1 aliphatic rings. The Labute approximate surface area is 254 Å². The van der Waals surface area contributed by atoms with Crippen LogP contribution < -0.4 is 15.0 Å². The summed E-state index contributed by atoms with van der Waals surface area (Å²) in [5, 5.41) is 14.2. The van der Waals surface area contributed by atoms with E-state index in [0.717, 1.165) is 15.8 Å². The first-order valence-corrected chi connectivity index (χ1v) is 15.0. The highest BCUT2D eigenvalue weighted by Gasteiger charge is 2.26. The van der Waals surface area contributed by atoms with Crippen LogP contribution in [0, 0.1) is 0 Å². The third kappa shape index (κ3) is 7.11. The van der Waals surface area contributed by atoms with E-state index in [1.165, 1.54) is 9.80 Å². The molecule has 1 saturated heterocycles. The molecule has 0 atom stereocenters. The van der Waals surface area contributed by atoms with Gasteiger partial charge in [-0.1, -0.05) is 18.2 Å². The van der Waals surface area contributed by atoms with Crippen LogP contribution >= 0.6 is 11.3 Å². The second-order valence-electron chi connectivity index (χ2n) is 11.5. The van der Waals surface area contributed by atoms with Crippen molar-refractivity contribution in [3.63, 3.8) is 0 Å². The van der Waals surface area contributed by atoms with E-state index in [9.17, 15) is 19.5 Å². The van der Waals surface area contributed by atoms with Gasteiger partial charge in [0.05, 0.1) is 16.8 Å². The number of amides is 3. The molecule has 0 aliphatic carbocycles. The van der Waals surface area contributed by atoms with E-state index in [4.69, 9.17) is 9.47 Å². The van der Waals surface area contributed by atoms with Crippen molar-refractivity contribution < 1.29 is 29.0 Å². The minimum absolute atomic E-state index is 0.0843. The Kier molecular flexibility index (Phi) is 8.63. The maximum absolute atomic E-state index is 13.5. The second kappa shape index (κ2) is 12.4. The van der Waals surface area contributed by atoms with Gasteiger partial charge in [-0.25, -0.2) is 9.59 Å². The van der Waals surface area contributed by atoms with Crippen LogP contribution in [0.15, 0.2) is 66.0 Å². The van der Waals surface area contributed by atoms with E-state index < -0.39 is 17.8 Å².